The third kappa shape index (κ3) is 2.61. The maximum absolute atomic E-state index is 11.7. The number of thiazole rings is 1. The van der Waals surface area contributed by atoms with E-state index in [9.17, 15) is 9.90 Å². The van der Waals surface area contributed by atoms with Crippen LogP contribution in [0.5, 0.6) is 0 Å². The Balaban J connectivity index is 1.92. The summed E-state index contributed by atoms with van der Waals surface area (Å²) in [5.74, 6) is -0.0910. The van der Waals surface area contributed by atoms with Crippen LogP contribution in [0.3, 0.4) is 0 Å². The number of aliphatic carboxylic acids is 1. The highest BCUT2D eigenvalue weighted by Gasteiger charge is 2.47. The molecule has 3 rings (SSSR count). The van der Waals surface area contributed by atoms with Gasteiger partial charge in [0.05, 0.1) is 10.7 Å². The Labute approximate surface area is 130 Å². The first-order valence-electron chi connectivity index (χ1n) is 7.93. The number of aryl methyl sites for hydroxylation is 2. The Kier molecular flexibility index (Phi) is 4.06. The lowest BCUT2D eigenvalue weighted by atomic mass is 9.84. The standard InChI is InChI=1S/C16H24N2O2S/c1-9-15(21-11(3)17-9)10(2)18-13-7-5-4-6-12(13)8-14(18)16(19)20/h10,12-14H,4-8H2,1-3H3,(H,19,20). The van der Waals surface area contributed by atoms with Crippen LogP contribution in [-0.4, -0.2) is 33.0 Å². The van der Waals surface area contributed by atoms with Gasteiger partial charge in [0.2, 0.25) is 0 Å². The van der Waals surface area contributed by atoms with E-state index in [4.69, 9.17) is 0 Å². The highest BCUT2D eigenvalue weighted by atomic mass is 32.1. The average molecular weight is 308 g/mol. The van der Waals surface area contributed by atoms with Crippen molar-refractivity contribution < 1.29 is 9.90 Å². The minimum Gasteiger partial charge on any atom is -0.480 e. The van der Waals surface area contributed by atoms with Crippen molar-refractivity contribution in [2.45, 2.75) is 71.0 Å². The Morgan fingerprint density at radius 2 is 2.10 bits per heavy atom. The third-order valence-electron chi connectivity index (χ3n) is 5.19. The summed E-state index contributed by atoms with van der Waals surface area (Å²) in [4.78, 5) is 19.8. The summed E-state index contributed by atoms with van der Waals surface area (Å²) in [5.41, 5.74) is 1.06. The fourth-order valence-electron chi connectivity index (χ4n) is 4.35. The molecule has 116 valence electrons. The van der Waals surface area contributed by atoms with Crippen LogP contribution < -0.4 is 0 Å². The molecule has 2 heterocycles. The van der Waals surface area contributed by atoms with Gasteiger partial charge in [-0.25, -0.2) is 4.98 Å². The number of hydrogen-bond acceptors (Lipinski definition) is 4. The van der Waals surface area contributed by atoms with Crippen LogP contribution in [0.15, 0.2) is 0 Å². The van der Waals surface area contributed by atoms with Gasteiger partial charge in [-0.2, -0.15) is 0 Å². The van der Waals surface area contributed by atoms with Crippen LogP contribution in [-0.2, 0) is 4.79 Å². The van der Waals surface area contributed by atoms with Crippen molar-refractivity contribution in [2.75, 3.05) is 0 Å². The van der Waals surface area contributed by atoms with E-state index >= 15 is 0 Å². The molecule has 5 heteroatoms. The number of hydrogen-bond donors (Lipinski definition) is 1. The largest absolute Gasteiger partial charge is 0.480 e. The number of fused-ring (bicyclic) bond motifs is 1. The van der Waals surface area contributed by atoms with Crippen molar-refractivity contribution in [1.29, 1.82) is 0 Å². The minimum atomic E-state index is -0.657. The lowest BCUT2D eigenvalue weighted by Gasteiger charge is -2.37. The van der Waals surface area contributed by atoms with Crippen molar-refractivity contribution >= 4 is 17.3 Å². The highest BCUT2D eigenvalue weighted by Crippen LogP contribution is 2.45. The molecule has 4 atom stereocenters. The Morgan fingerprint density at radius 3 is 2.71 bits per heavy atom. The van der Waals surface area contributed by atoms with E-state index in [1.54, 1.807) is 11.3 Å². The van der Waals surface area contributed by atoms with E-state index in [2.05, 4.69) is 16.8 Å². The second-order valence-electron chi connectivity index (χ2n) is 6.51. The predicted molar refractivity (Wildman–Crippen MR) is 83.6 cm³/mol. The molecule has 21 heavy (non-hydrogen) atoms. The van der Waals surface area contributed by atoms with Crippen LogP contribution in [0.4, 0.5) is 0 Å². The van der Waals surface area contributed by atoms with Gasteiger partial charge in [-0.3, -0.25) is 9.69 Å². The molecule has 0 bridgehead atoms. The van der Waals surface area contributed by atoms with Gasteiger partial charge in [0.25, 0.3) is 0 Å². The summed E-state index contributed by atoms with van der Waals surface area (Å²) in [6.45, 7) is 6.22. The van der Waals surface area contributed by atoms with Gasteiger partial charge in [-0.05, 0) is 46.0 Å². The average Bonchev–Trinajstić information content (AvgIpc) is 2.98. The van der Waals surface area contributed by atoms with Crippen LogP contribution >= 0.6 is 11.3 Å². The predicted octanol–water partition coefficient (Wildman–Crippen LogP) is 3.54. The number of carboxylic acid groups (broad SMARTS) is 1. The van der Waals surface area contributed by atoms with Gasteiger partial charge < -0.3 is 5.11 Å². The monoisotopic (exact) mass is 308 g/mol. The van der Waals surface area contributed by atoms with Crippen LogP contribution in [0.1, 0.15) is 60.6 Å². The van der Waals surface area contributed by atoms with E-state index in [1.165, 1.54) is 24.1 Å². The highest BCUT2D eigenvalue weighted by molar-refractivity contribution is 7.11. The molecule has 0 aromatic carbocycles. The topological polar surface area (TPSA) is 53.4 Å². The maximum atomic E-state index is 11.7. The van der Waals surface area contributed by atoms with E-state index < -0.39 is 5.97 Å². The zero-order valence-electron chi connectivity index (χ0n) is 13.0. The number of carboxylic acids is 1. The van der Waals surface area contributed by atoms with Crippen molar-refractivity contribution in [3.8, 4) is 0 Å². The smallest absolute Gasteiger partial charge is 0.320 e. The molecule has 1 aliphatic heterocycles. The first kappa shape index (κ1) is 15.0. The maximum Gasteiger partial charge on any atom is 0.320 e. The molecule has 0 radical (unpaired) electrons. The van der Waals surface area contributed by atoms with E-state index in [0.717, 1.165) is 23.5 Å². The fraction of sp³-hybridized carbons (Fsp3) is 0.750. The lowest BCUT2D eigenvalue weighted by Crippen LogP contribution is -2.43. The number of likely N-dealkylation sites (tertiary alicyclic amines) is 1. The molecule has 2 aliphatic rings. The number of rotatable bonds is 3. The second-order valence-corrected chi connectivity index (χ2v) is 7.74. The van der Waals surface area contributed by atoms with Crippen LogP contribution in [0.25, 0.3) is 0 Å². The Hall–Kier alpha value is -0.940. The molecule has 1 aromatic heterocycles. The molecule has 0 spiro atoms. The van der Waals surface area contributed by atoms with Gasteiger partial charge in [-0.1, -0.05) is 12.8 Å². The van der Waals surface area contributed by atoms with Crippen molar-refractivity contribution in [3.05, 3.63) is 15.6 Å². The van der Waals surface area contributed by atoms with Crippen molar-refractivity contribution in [2.24, 2.45) is 5.92 Å². The number of aromatic nitrogens is 1. The quantitative estimate of drug-likeness (QED) is 0.928. The summed E-state index contributed by atoms with van der Waals surface area (Å²) in [6, 6.07) is 0.275. The molecule has 1 saturated carbocycles. The molecule has 1 aromatic rings. The fourth-order valence-corrected chi connectivity index (χ4v) is 5.34. The molecule has 1 saturated heterocycles. The van der Waals surface area contributed by atoms with E-state index in [0.29, 0.717) is 12.0 Å². The van der Waals surface area contributed by atoms with Gasteiger partial charge in [-0.15, -0.1) is 11.3 Å². The summed E-state index contributed by atoms with van der Waals surface area (Å²) >= 11 is 1.72. The second kappa shape index (κ2) is 5.69. The molecule has 1 N–H and O–H groups in total. The third-order valence-corrected chi connectivity index (χ3v) is 6.43. The van der Waals surface area contributed by atoms with Crippen molar-refractivity contribution in [3.63, 3.8) is 0 Å². The van der Waals surface area contributed by atoms with Crippen molar-refractivity contribution in [1.82, 2.24) is 9.88 Å². The molecular formula is C16H24N2O2S. The molecule has 0 amide bonds. The first-order valence-corrected chi connectivity index (χ1v) is 8.75. The SMILES string of the molecule is Cc1nc(C)c(C(C)N2C(C(=O)O)CC3CCCCC32)s1. The summed E-state index contributed by atoms with van der Waals surface area (Å²) in [7, 11) is 0. The number of carbonyl (C=O) groups is 1. The molecule has 1 aliphatic carbocycles. The lowest BCUT2D eigenvalue weighted by molar-refractivity contribution is -0.143. The zero-order chi connectivity index (χ0) is 15.1. The summed E-state index contributed by atoms with van der Waals surface area (Å²) < 4.78 is 0. The Bertz CT molecular complexity index is 542. The molecular weight excluding hydrogens is 284 g/mol. The molecule has 2 fully saturated rings. The van der Waals surface area contributed by atoms with E-state index in [-0.39, 0.29) is 12.1 Å². The normalized spacial score (nSPS) is 31.1. The van der Waals surface area contributed by atoms with Crippen LogP contribution in [0, 0.1) is 19.8 Å². The summed E-state index contributed by atoms with van der Waals surface area (Å²) in [6.07, 6.45) is 5.65. The van der Waals surface area contributed by atoms with Crippen LogP contribution in [0.2, 0.25) is 0 Å². The van der Waals surface area contributed by atoms with Gasteiger partial charge in [0.1, 0.15) is 6.04 Å². The minimum absolute atomic E-state index is 0.158. The van der Waals surface area contributed by atoms with Gasteiger partial charge >= 0.3 is 5.97 Å². The Morgan fingerprint density at radius 1 is 1.38 bits per heavy atom. The van der Waals surface area contributed by atoms with E-state index in [1.807, 2.05) is 13.8 Å². The molecule has 4 nitrogen and oxygen atoms in total. The molecule has 4 unspecified atom stereocenters. The zero-order valence-corrected chi connectivity index (χ0v) is 13.8. The van der Waals surface area contributed by atoms with Gasteiger partial charge in [0.15, 0.2) is 0 Å². The summed E-state index contributed by atoms with van der Waals surface area (Å²) in [5, 5.41) is 10.7. The first-order chi connectivity index (χ1) is 9.99. The number of nitrogens with zero attached hydrogens (tertiary/aromatic N) is 2. The van der Waals surface area contributed by atoms with Gasteiger partial charge in [0, 0.05) is 17.0 Å².